The second-order valence-electron chi connectivity index (χ2n) is 7.09. The molecule has 0 bridgehead atoms. The van der Waals surface area contributed by atoms with Gasteiger partial charge in [-0.2, -0.15) is 10.2 Å². The number of rotatable bonds is 5. The van der Waals surface area contributed by atoms with Gasteiger partial charge in [-0.25, -0.2) is 0 Å². The monoisotopic (exact) mass is 360 g/mol. The van der Waals surface area contributed by atoms with Crippen molar-refractivity contribution in [2.75, 3.05) is 33.8 Å². The molecule has 2 aromatic rings. The van der Waals surface area contributed by atoms with Gasteiger partial charge in [-0.3, -0.25) is 14.6 Å². The molecule has 142 valence electrons. The van der Waals surface area contributed by atoms with E-state index >= 15 is 0 Å². The number of amides is 1. The van der Waals surface area contributed by atoms with Crippen molar-refractivity contribution in [1.82, 2.24) is 29.8 Å². The normalized spacial score (nSPS) is 20.8. The zero-order valence-corrected chi connectivity index (χ0v) is 16.2. The summed E-state index contributed by atoms with van der Waals surface area (Å²) in [5.41, 5.74) is 3.42. The number of nitrogens with zero attached hydrogens (tertiary/aromatic N) is 5. The summed E-state index contributed by atoms with van der Waals surface area (Å²) in [6, 6.07) is -0.187. The van der Waals surface area contributed by atoms with Gasteiger partial charge in [-0.05, 0) is 27.4 Å². The summed E-state index contributed by atoms with van der Waals surface area (Å²) >= 11 is 0. The number of H-pyrrole nitrogens is 1. The fraction of sp³-hybridized carbons (Fsp3) is 0.611. The Labute approximate surface area is 154 Å². The molecule has 3 heterocycles. The Hall–Kier alpha value is -2.19. The zero-order valence-electron chi connectivity index (χ0n) is 16.2. The fourth-order valence-corrected chi connectivity index (χ4v) is 3.58. The molecule has 1 fully saturated rings. The van der Waals surface area contributed by atoms with Gasteiger partial charge in [-0.15, -0.1) is 0 Å². The van der Waals surface area contributed by atoms with Gasteiger partial charge in [0, 0.05) is 43.2 Å². The minimum absolute atomic E-state index is 0.0561. The third-order valence-corrected chi connectivity index (χ3v) is 4.89. The maximum atomic E-state index is 13.3. The van der Waals surface area contributed by atoms with Gasteiger partial charge in [0.25, 0.3) is 5.91 Å². The molecule has 0 saturated carbocycles. The topological polar surface area (TPSA) is 79.3 Å². The lowest BCUT2D eigenvalue weighted by atomic mass is 9.99. The van der Waals surface area contributed by atoms with E-state index in [-0.39, 0.29) is 18.1 Å². The van der Waals surface area contributed by atoms with Crippen molar-refractivity contribution in [2.24, 2.45) is 7.05 Å². The third kappa shape index (κ3) is 3.52. The molecule has 8 nitrogen and oxygen atoms in total. The molecular weight excluding hydrogens is 332 g/mol. The van der Waals surface area contributed by atoms with Crippen LogP contribution in [0.1, 0.15) is 40.3 Å². The molecule has 26 heavy (non-hydrogen) atoms. The first-order valence-electron chi connectivity index (χ1n) is 9.02. The van der Waals surface area contributed by atoms with Gasteiger partial charge in [0.1, 0.15) is 0 Å². The summed E-state index contributed by atoms with van der Waals surface area (Å²) in [7, 11) is 5.90. The molecule has 1 saturated heterocycles. The van der Waals surface area contributed by atoms with E-state index in [0.29, 0.717) is 18.8 Å². The smallest absolute Gasteiger partial charge is 0.275 e. The van der Waals surface area contributed by atoms with Crippen LogP contribution in [-0.4, -0.2) is 75.6 Å². The van der Waals surface area contributed by atoms with Gasteiger partial charge < -0.3 is 14.5 Å². The van der Waals surface area contributed by atoms with Crippen molar-refractivity contribution in [2.45, 2.75) is 32.4 Å². The minimum atomic E-state index is -0.187. The van der Waals surface area contributed by atoms with Crippen molar-refractivity contribution in [1.29, 1.82) is 0 Å². The highest BCUT2D eigenvalue weighted by molar-refractivity contribution is 5.94. The molecular formula is C18H28N6O2. The van der Waals surface area contributed by atoms with E-state index in [9.17, 15) is 4.79 Å². The number of morpholine rings is 1. The summed E-state index contributed by atoms with van der Waals surface area (Å²) in [6.45, 7) is 5.78. The first-order chi connectivity index (χ1) is 12.4. The van der Waals surface area contributed by atoms with Gasteiger partial charge in [-0.1, -0.05) is 6.92 Å². The molecule has 1 aliphatic heterocycles. The first kappa shape index (κ1) is 18.6. The lowest BCUT2D eigenvalue weighted by Gasteiger charge is -2.41. The first-order valence-corrected chi connectivity index (χ1v) is 9.02. The SMILES string of the molecule is CCc1[nH]nc(C(=O)N2CCO[C@@H](CN(C)C)[C@@H]2c2cnn(C)c2)c1C. The second kappa shape index (κ2) is 7.59. The van der Waals surface area contributed by atoms with E-state index in [0.717, 1.165) is 29.8 Å². The van der Waals surface area contributed by atoms with Crippen LogP contribution in [0.3, 0.4) is 0 Å². The van der Waals surface area contributed by atoms with Crippen LogP contribution < -0.4 is 0 Å². The molecule has 1 N–H and O–H groups in total. The van der Waals surface area contributed by atoms with Gasteiger partial charge in [0.05, 0.1) is 24.9 Å². The molecule has 0 spiro atoms. The van der Waals surface area contributed by atoms with Crippen LogP contribution in [-0.2, 0) is 18.2 Å². The average Bonchev–Trinajstić information content (AvgIpc) is 3.19. The summed E-state index contributed by atoms with van der Waals surface area (Å²) in [5.74, 6) is -0.0561. The number of nitrogens with one attached hydrogen (secondary N) is 1. The average molecular weight is 360 g/mol. The molecule has 1 amide bonds. The standard InChI is InChI=1S/C18H28N6O2/c1-6-14-12(2)16(21-20-14)18(25)24-7-8-26-15(11-22(3)4)17(24)13-9-19-23(5)10-13/h9-10,15,17H,6-8,11H2,1-5H3,(H,20,21)/t15-,17-/m0/s1. The lowest BCUT2D eigenvalue weighted by molar-refractivity contribution is -0.0686. The van der Waals surface area contributed by atoms with Crippen LogP contribution in [0.25, 0.3) is 0 Å². The number of carbonyl (C=O) groups excluding carboxylic acids is 1. The molecule has 0 unspecified atom stereocenters. The van der Waals surface area contributed by atoms with E-state index in [2.05, 4.69) is 27.1 Å². The number of hydrogen-bond donors (Lipinski definition) is 1. The van der Waals surface area contributed by atoms with Crippen molar-refractivity contribution >= 4 is 5.91 Å². The van der Waals surface area contributed by atoms with Crippen LogP contribution >= 0.6 is 0 Å². The summed E-state index contributed by atoms with van der Waals surface area (Å²) < 4.78 is 7.80. The predicted molar refractivity (Wildman–Crippen MR) is 98.0 cm³/mol. The number of aryl methyl sites for hydroxylation is 2. The number of aromatic nitrogens is 4. The summed E-state index contributed by atoms with van der Waals surface area (Å²) in [6.07, 6.45) is 4.48. The Kier molecular flexibility index (Phi) is 5.43. The van der Waals surface area contributed by atoms with Gasteiger partial charge >= 0.3 is 0 Å². The molecule has 0 radical (unpaired) electrons. The van der Waals surface area contributed by atoms with Crippen molar-refractivity contribution in [3.8, 4) is 0 Å². The maximum absolute atomic E-state index is 13.3. The number of ether oxygens (including phenoxy) is 1. The Morgan fingerprint density at radius 1 is 1.46 bits per heavy atom. The quantitative estimate of drug-likeness (QED) is 0.866. The Morgan fingerprint density at radius 3 is 2.81 bits per heavy atom. The van der Waals surface area contributed by atoms with Gasteiger partial charge in [0.15, 0.2) is 5.69 Å². The number of likely N-dealkylation sites (N-methyl/N-ethyl adjacent to an activating group) is 1. The summed E-state index contributed by atoms with van der Waals surface area (Å²) in [4.78, 5) is 17.3. The largest absolute Gasteiger partial charge is 0.373 e. The van der Waals surface area contributed by atoms with E-state index in [1.54, 1.807) is 4.68 Å². The van der Waals surface area contributed by atoms with E-state index in [1.165, 1.54) is 0 Å². The Balaban J connectivity index is 1.96. The molecule has 0 aliphatic carbocycles. The molecule has 1 aliphatic rings. The maximum Gasteiger partial charge on any atom is 0.275 e. The van der Waals surface area contributed by atoms with Crippen molar-refractivity contribution < 1.29 is 9.53 Å². The third-order valence-electron chi connectivity index (χ3n) is 4.89. The van der Waals surface area contributed by atoms with Crippen LogP contribution in [0.15, 0.2) is 12.4 Å². The summed E-state index contributed by atoms with van der Waals surface area (Å²) in [5, 5.41) is 11.6. The van der Waals surface area contributed by atoms with Gasteiger partial charge in [0.2, 0.25) is 0 Å². The van der Waals surface area contributed by atoms with Crippen molar-refractivity contribution in [3.63, 3.8) is 0 Å². The number of aromatic amines is 1. The Bertz CT molecular complexity index is 766. The number of carbonyl (C=O) groups is 1. The highest BCUT2D eigenvalue weighted by Crippen LogP contribution is 2.31. The minimum Gasteiger partial charge on any atom is -0.373 e. The molecule has 8 heteroatoms. The van der Waals surface area contributed by atoms with Crippen LogP contribution in [0.4, 0.5) is 0 Å². The highest BCUT2D eigenvalue weighted by Gasteiger charge is 2.38. The lowest BCUT2D eigenvalue weighted by Crippen LogP contribution is -2.51. The van der Waals surface area contributed by atoms with E-state index < -0.39 is 0 Å². The molecule has 0 aromatic carbocycles. The van der Waals surface area contributed by atoms with E-state index in [1.807, 2.05) is 45.4 Å². The fourth-order valence-electron chi connectivity index (χ4n) is 3.58. The molecule has 2 atom stereocenters. The predicted octanol–water partition coefficient (Wildman–Crippen LogP) is 1.16. The van der Waals surface area contributed by atoms with E-state index in [4.69, 9.17) is 4.74 Å². The van der Waals surface area contributed by atoms with Crippen molar-refractivity contribution in [3.05, 3.63) is 34.9 Å². The number of hydrogen-bond acceptors (Lipinski definition) is 5. The van der Waals surface area contributed by atoms with Crippen LogP contribution in [0.5, 0.6) is 0 Å². The molecule has 3 rings (SSSR count). The van der Waals surface area contributed by atoms with Crippen LogP contribution in [0, 0.1) is 6.92 Å². The molecule has 2 aromatic heterocycles. The Morgan fingerprint density at radius 2 is 2.23 bits per heavy atom. The van der Waals surface area contributed by atoms with Crippen LogP contribution in [0.2, 0.25) is 0 Å². The highest BCUT2D eigenvalue weighted by atomic mass is 16.5. The zero-order chi connectivity index (χ0) is 18.8. The second-order valence-corrected chi connectivity index (χ2v) is 7.09.